The summed E-state index contributed by atoms with van der Waals surface area (Å²) >= 11 is 0. The van der Waals surface area contributed by atoms with Crippen LogP contribution in [0.4, 0.5) is 0 Å². The Kier molecular flexibility index (Phi) is 5.38. The van der Waals surface area contributed by atoms with Crippen molar-refractivity contribution in [3.63, 3.8) is 0 Å². The molecule has 1 aliphatic rings. The summed E-state index contributed by atoms with van der Waals surface area (Å²) in [5.74, 6) is 0. The number of hydrogen-bond acceptors (Lipinski definition) is 4. The number of ether oxygens (including phenoxy) is 1. The van der Waals surface area contributed by atoms with Crippen LogP contribution in [-0.2, 0) is 4.74 Å². The summed E-state index contributed by atoms with van der Waals surface area (Å²) in [6.07, 6.45) is 1.05. The zero-order valence-electron chi connectivity index (χ0n) is 12.1. The van der Waals surface area contributed by atoms with Gasteiger partial charge in [0, 0.05) is 45.4 Å². The van der Waals surface area contributed by atoms with Crippen LogP contribution in [0.1, 0.15) is 27.2 Å². The molecule has 4 nitrogen and oxygen atoms in total. The maximum Gasteiger partial charge on any atom is 0.0637 e. The Morgan fingerprint density at radius 3 is 2.59 bits per heavy atom. The average molecular weight is 243 g/mol. The van der Waals surface area contributed by atoms with Crippen LogP contribution in [0.2, 0.25) is 0 Å². The van der Waals surface area contributed by atoms with Crippen LogP contribution in [0, 0.1) is 0 Å². The Morgan fingerprint density at radius 1 is 1.41 bits per heavy atom. The molecule has 0 aromatic rings. The molecule has 102 valence electrons. The van der Waals surface area contributed by atoms with Gasteiger partial charge in [0.15, 0.2) is 0 Å². The fourth-order valence-corrected chi connectivity index (χ4v) is 2.73. The number of hydrogen-bond donors (Lipinski definition) is 1. The van der Waals surface area contributed by atoms with Crippen molar-refractivity contribution in [3.8, 4) is 0 Å². The number of methoxy groups -OCH3 is 1. The van der Waals surface area contributed by atoms with Crippen molar-refractivity contribution in [3.05, 3.63) is 0 Å². The van der Waals surface area contributed by atoms with Crippen molar-refractivity contribution < 1.29 is 4.74 Å². The molecule has 1 saturated heterocycles. The Labute approximate surface area is 106 Å². The lowest BCUT2D eigenvalue weighted by Gasteiger charge is -2.44. The topological polar surface area (TPSA) is 41.7 Å². The number of nitrogens with two attached hydrogens (primary N) is 1. The highest BCUT2D eigenvalue weighted by Gasteiger charge is 2.31. The molecule has 0 aliphatic carbocycles. The first-order valence-corrected chi connectivity index (χ1v) is 6.59. The molecule has 17 heavy (non-hydrogen) atoms. The Balaban J connectivity index is 2.58. The predicted molar refractivity (Wildman–Crippen MR) is 72.2 cm³/mol. The molecular weight excluding hydrogens is 214 g/mol. The summed E-state index contributed by atoms with van der Waals surface area (Å²) < 4.78 is 5.52. The minimum atomic E-state index is -0.0537. The van der Waals surface area contributed by atoms with Gasteiger partial charge < -0.3 is 15.4 Å². The quantitative estimate of drug-likeness (QED) is 0.774. The molecule has 1 rings (SSSR count). The minimum absolute atomic E-state index is 0.0537. The van der Waals surface area contributed by atoms with Crippen LogP contribution < -0.4 is 5.73 Å². The highest BCUT2D eigenvalue weighted by atomic mass is 16.5. The van der Waals surface area contributed by atoms with E-state index in [1.807, 2.05) is 0 Å². The standard InChI is InChI=1S/C13H29N3O/c1-11(8-13(2,3)17-5)16-7-6-15(4)10-12(16)9-14/h11-12H,6-10,14H2,1-5H3. The summed E-state index contributed by atoms with van der Waals surface area (Å²) in [4.78, 5) is 4.91. The van der Waals surface area contributed by atoms with E-state index in [0.29, 0.717) is 12.1 Å². The summed E-state index contributed by atoms with van der Waals surface area (Å²) in [7, 11) is 3.96. The summed E-state index contributed by atoms with van der Waals surface area (Å²) in [5.41, 5.74) is 5.84. The summed E-state index contributed by atoms with van der Waals surface area (Å²) in [5, 5.41) is 0. The maximum absolute atomic E-state index is 5.89. The Morgan fingerprint density at radius 2 is 2.06 bits per heavy atom. The molecule has 1 fully saturated rings. The monoisotopic (exact) mass is 243 g/mol. The van der Waals surface area contributed by atoms with E-state index in [9.17, 15) is 0 Å². The van der Waals surface area contributed by atoms with Crippen LogP contribution in [0.25, 0.3) is 0 Å². The van der Waals surface area contributed by atoms with E-state index >= 15 is 0 Å². The van der Waals surface area contributed by atoms with Gasteiger partial charge in [-0.25, -0.2) is 0 Å². The van der Waals surface area contributed by atoms with Gasteiger partial charge in [0.1, 0.15) is 0 Å². The fourth-order valence-electron chi connectivity index (χ4n) is 2.73. The maximum atomic E-state index is 5.89. The molecule has 0 amide bonds. The van der Waals surface area contributed by atoms with Gasteiger partial charge in [-0.3, -0.25) is 4.90 Å². The second kappa shape index (κ2) is 6.14. The SMILES string of the molecule is COC(C)(C)CC(C)N1CCN(C)CC1CN. The van der Waals surface area contributed by atoms with Gasteiger partial charge in [0.25, 0.3) is 0 Å². The third-order valence-corrected chi connectivity index (χ3v) is 3.91. The van der Waals surface area contributed by atoms with Crippen LogP contribution >= 0.6 is 0 Å². The molecule has 2 N–H and O–H groups in total. The molecule has 2 unspecified atom stereocenters. The third kappa shape index (κ3) is 4.21. The molecule has 0 bridgehead atoms. The molecule has 0 aromatic heterocycles. The van der Waals surface area contributed by atoms with Gasteiger partial charge in [0.05, 0.1) is 5.60 Å². The Hall–Kier alpha value is -0.160. The van der Waals surface area contributed by atoms with Gasteiger partial charge >= 0.3 is 0 Å². The van der Waals surface area contributed by atoms with Crippen molar-refractivity contribution in [1.29, 1.82) is 0 Å². The minimum Gasteiger partial charge on any atom is -0.379 e. The lowest BCUT2D eigenvalue weighted by Crippen LogP contribution is -2.58. The lowest BCUT2D eigenvalue weighted by molar-refractivity contribution is -0.0227. The summed E-state index contributed by atoms with van der Waals surface area (Å²) in [6, 6.07) is 1.00. The van der Waals surface area contributed by atoms with E-state index in [1.54, 1.807) is 7.11 Å². The number of nitrogens with zero attached hydrogens (tertiary/aromatic N) is 2. The normalized spacial score (nSPS) is 26.1. The largest absolute Gasteiger partial charge is 0.379 e. The van der Waals surface area contributed by atoms with Gasteiger partial charge in [-0.15, -0.1) is 0 Å². The molecule has 1 aliphatic heterocycles. The second-order valence-corrected chi connectivity index (χ2v) is 5.91. The van der Waals surface area contributed by atoms with Crippen molar-refractivity contribution in [1.82, 2.24) is 9.80 Å². The van der Waals surface area contributed by atoms with E-state index in [2.05, 4.69) is 37.6 Å². The van der Waals surface area contributed by atoms with Gasteiger partial charge in [-0.05, 0) is 34.2 Å². The highest BCUT2D eigenvalue weighted by molar-refractivity contribution is 4.87. The van der Waals surface area contributed by atoms with Crippen LogP contribution in [0.15, 0.2) is 0 Å². The molecule has 2 atom stereocenters. The zero-order valence-corrected chi connectivity index (χ0v) is 12.1. The molecule has 0 aromatic carbocycles. The van der Waals surface area contributed by atoms with Gasteiger partial charge in [-0.2, -0.15) is 0 Å². The first kappa shape index (κ1) is 14.9. The van der Waals surface area contributed by atoms with Crippen LogP contribution in [0.3, 0.4) is 0 Å². The van der Waals surface area contributed by atoms with Crippen molar-refractivity contribution in [2.75, 3.05) is 40.3 Å². The van der Waals surface area contributed by atoms with Crippen molar-refractivity contribution in [2.24, 2.45) is 5.73 Å². The molecule has 0 spiro atoms. The van der Waals surface area contributed by atoms with E-state index < -0.39 is 0 Å². The molecular formula is C13H29N3O. The average Bonchev–Trinajstić information content (AvgIpc) is 2.28. The zero-order chi connectivity index (χ0) is 13.1. The van der Waals surface area contributed by atoms with Gasteiger partial charge in [0.2, 0.25) is 0 Å². The van der Waals surface area contributed by atoms with E-state index in [0.717, 1.165) is 32.6 Å². The number of likely N-dealkylation sites (N-methyl/N-ethyl adjacent to an activating group) is 1. The summed E-state index contributed by atoms with van der Waals surface area (Å²) in [6.45, 7) is 10.6. The van der Waals surface area contributed by atoms with E-state index in [4.69, 9.17) is 10.5 Å². The van der Waals surface area contributed by atoms with Crippen LogP contribution in [0.5, 0.6) is 0 Å². The van der Waals surface area contributed by atoms with Crippen molar-refractivity contribution >= 4 is 0 Å². The smallest absolute Gasteiger partial charge is 0.0637 e. The molecule has 0 radical (unpaired) electrons. The van der Waals surface area contributed by atoms with E-state index in [1.165, 1.54) is 0 Å². The number of rotatable bonds is 5. The lowest BCUT2D eigenvalue weighted by atomic mass is 9.97. The highest BCUT2D eigenvalue weighted by Crippen LogP contribution is 2.21. The molecule has 0 saturated carbocycles. The van der Waals surface area contributed by atoms with Gasteiger partial charge in [-0.1, -0.05) is 0 Å². The van der Waals surface area contributed by atoms with Crippen LogP contribution in [-0.4, -0.2) is 67.8 Å². The van der Waals surface area contributed by atoms with E-state index in [-0.39, 0.29) is 5.60 Å². The fraction of sp³-hybridized carbons (Fsp3) is 1.00. The van der Waals surface area contributed by atoms with Crippen molar-refractivity contribution in [2.45, 2.75) is 44.9 Å². The first-order chi connectivity index (χ1) is 7.89. The second-order valence-electron chi connectivity index (χ2n) is 5.91. The first-order valence-electron chi connectivity index (χ1n) is 6.59. The molecule has 4 heteroatoms. The number of piperazine rings is 1. The third-order valence-electron chi connectivity index (χ3n) is 3.91. The Bertz CT molecular complexity index is 233. The molecule has 1 heterocycles. The predicted octanol–water partition coefficient (Wildman–Crippen LogP) is 0.765.